The fourth-order valence-electron chi connectivity index (χ4n) is 1.19. The fourth-order valence-corrected chi connectivity index (χ4v) is 2.62. The van der Waals surface area contributed by atoms with E-state index in [-0.39, 0.29) is 0 Å². The van der Waals surface area contributed by atoms with Gasteiger partial charge in [0.25, 0.3) is 0 Å². The summed E-state index contributed by atoms with van der Waals surface area (Å²) in [5.74, 6) is -2.58. The van der Waals surface area contributed by atoms with Crippen molar-refractivity contribution in [2.24, 2.45) is 5.73 Å². The molecule has 1 rings (SSSR count). The molecule has 1 aromatic carbocycles. The second-order valence-electron chi connectivity index (χ2n) is 3.04. The normalized spacial score (nSPS) is 13.4. The number of hydrogen-bond acceptors (Lipinski definition) is 4. The maximum Gasteiger partial charge on any atom is 0.323 e. The second kappa shape index (κ2) is 4.58. The van der Waals surface area contributed by atoms with E-state index in [9.17, 15) is 17.6 Å². The molecule has 7 heteroatoms. The molecule has 1 unspecified atom stereocenters. The number of carboxylic acid groups (broad SMARTS) is 1. The van der Waals surface area contributed by atoms with Crippen LogP contribution in [0.4, 0.5) is 4.39 Å². The van der Waals surface area contributed by atoms with Crippen LogP contribution in [0.5, 0.6) is 0 Å². The van der Waals surface area contributed by atoms with Crippen molar-refractivity contribution in [2.45, 2.75) is 10.1 Å². The molecule has 5 nitrogen and oxygen atoms in total. The fraction of sp³-hybridized carbons (Fsp3) is 0.222. The van der Waals surface area contributed by atoms with Gasteiger partial charge in [-0.3, -0.25) is 4.79 Å². The maximum atomic E-state index is 13.2. The number of carbonyl (C=O) groups is 1. The number of halogens is 1. The maximum absolute atomic E-state index is 13.2. The first-order valence-electron chi connectivity index (χ1n) is 4.32. The lowest BCUT2D eigenvalue weighted by atomic mass is 10.3. The van der Waals surface area contributed by atoms with Gasteiger partial charge in [0.2, 0.25) is 0 Å². The molecule has 0 aliphatic rings. The van der Waals surface area contributed by atoms with Gasteiger partial charge in [-0.25, -0.2) is 12.8 Å². The molecule has 0 amide bonds. The predicted octanol–water partition coefficient (Wildman–Crippen LogP) is 0.0113. The summed E-state index contributed by atoms with van der Waals surface area (Å²) in [4.78, 5) is 10.0. The molecule has 0 saturated heterocycles. The minimum Gasteiger partial charge on any atom is -0.480 e. The Hall–Kier alpha value is -1.47. The van der Waals surface area contributed by atoms with Crippen LogP contribution in [0.25, 0.3) is 0 Å². The third-order valence-corrected chi connectivity index (χ3v) is 4.09. The Morgan fingerprint density at radius 3 is 2.44 bits per heavy atom. The first-order chi connectivity index (χ1) is 7.41. The number of hydrogen-bond donors (Lipinski definition) is 2. The van der Waals surface area contributed by atoms with E-state index >= 15 is 0 Å². The summed E-state index contributed by atoms with van der Waals surface area (Å²) in [5, 5.41) is 6.85. The van der Waals surface area contributed by atoms with E-state index in [0.717, 1.165) is 12.1 Å². The predicted molar refractivity (Wildman–Crippen MR) is 54.1 cm³/mol. The van der Waals surface area contributed by atoms with Crippen LogP contribution in [0.2, 0.25) is 0 Å². The van der Waals surface area contributed by atoms with Gasteiger partial charge in [0, 0.05) is 6.54 Å². The van der Waals surface area contributed by atoms with Crippen LogP contribution in [0.1, 0.15) is 0 Å². The van der Waals surface area contributed by atoms with E-state index in [2.05, 4.69) is 0 Å². The molecule has 16 heavy (non-hydrogen) atoms. The Morgan fingerprint density at radius 1 is 1.44 bits per heavy atom. The molecule has 0 fully saturated rings. The van der Waals surface area contributed by atoms with Crippen molar-refractivity contribution in [1.82, 2.24) is 0 Å². The highest BCUT2D eigenvalue weighted by Crippen LogP contribution is 2.19. The topological polar surface area (TPSA) is 97.5 Å². The Kier molecular flexibility index (Phi) is 3.61. The van der Waals surface area contributed by atoms with Gasteiger partial charge in [-0.1, -0.05) is 12.1 Å². The third kappa shape index (κ3) is 2.20. The molecule has 0 aliphatic carbocycles. The minimum absolute atomic E-state index is 0.605. The van der Waals surface area contributed by atoms with E-state index in [1.807, 2.05) is 0 Å². The van der Waals surface area contributed by atoms with Gasteiger partial charge in [0.05, 0.1) is 0 Å². The minimum atomic E-state index is -4.28. The van der Waals surface area contributed by atoms with Crippen molar-refractivity contribution in [1.29, 1.82) is 0 Å². The number of aliphatic carboxylic acids is 1. The van der Waals surface area contributed by atoms with Crippen LogP contribution < -0.4 is 5.73 Å². The zero-order valence-electron chi connectivity index (χ0n) is 8.13. The lowest BCUT2D eigenvalue weighted by Crippen LogP contribution is -2.37. The zero-order valence-corrected chi connectivity index (χ0v) is 8.95. The monoisotopic (exact) mass is 247 g/mol. The first-order valence-corrected chi connectivity index (χ1v) is 5.87. The van der Waals surface area contributed by atoms with Gasteiger partial charge in [-0.05, 0) is 12.1 Å². The molecule has 0 radical (unpaired) electrons. The quantitative estimate of drug-likeness (QED) is 0.781. The molecule has 0 saturated carbocycles. The van der Waals surface area contributed by atoms with Crippen LogP contribution in [0.15, 0.2) is 29.2 Å². The van der Waals surface area contributed by atoms with Crippen molar-refractivity contribution < 1.29 is 22.7 Å². The lowest BCUT2D eigenvalue weighted by Gasteiger charge is -2.11. The van der Waals surface area contributed by atoms with Crippen molar-refractivity contribution in [3.8, 4) is 0 Å². The van der Waals surface area contributed by atoms with Gasteiger partial charge in [0.1, 0.15) is 10.7 Å². The molecule has 0 heterocycles. The smallest absolute Gasteiger partial charge is 0.323 e. The molecule has 0 aromatic heterocycles. The van der Waals surface area contributed by atoms with Crippen LogP contribution in [-0.4, -0.2) is 31.3 Å². The summed E-state index contributed by atoms with van der Waals surface area (Å²) in [6, 6.07) is 4.58. The first kappa shape index (κ1) is 12.6. The number of sulfone groups is 1. The molecule has 0 bridgehead atoms. The highest BCUT2D eigenvalue weighted by atomic mass is 32.2. The Balaban J connectivity index is 3.32. The highest BCUT2D eigenvalue weighted by molar-refractivity contribution is 7.92. The largest absolute Gasteiger partial charge is 0.480 e. The molecule has 0 aliphatic heterocycles. The summed E-state index contributed by atoms with van der Waals surface area (Å²) >= 11 is 0. The Bertz CT molecular complexity index is 500. The molecular formula is C9H10FNO4S. The standard InChI is InChI=1S/C9H10FNO4S/c10-6-3-1-2-4-7(6)16(14,15)8(5-11)9(12)13/h1-4,8H,5,11H2,(H,12,13). The number of rotatable bonds is 4. The van der Waals surface area contributed by atoms with Crippen LogP contribution >= 0.6 is 0 Å². The Morgan fingerprint density at radius 2 is 2.00 bits per heavy atom. The van der Waals surface area contributed by atoms with E-state index < -0.39 is 38.3 Å². The zero-order chi connectivity index (χ0) is 12.3. The van der Waals surface area contributed by atoms with Crippen molar-refractivity contribution >= 4 is 15.8 Å². The van der Waals surface area contributed by atoms with Gasteiger partial charge >= 0.3 is 5.97 Å². The van der Waals surface area contributed by atoms with Crippen molar-refractivity contribution in [2.75, 3.05) is 6.54 Å². The van der Waals surface area contributed by atoms with Crippen molar-refractivity contribution in [3.63, 3.8) is 0 Å². The molecule has 88 valence electrons. The lowest BCUT2D eigenvalue weighted by molar-refractivity contribution is -0.136. The average Bonchev–Trinajstić information content (AvgIpc) is 2.17. The van der Waals surface area contributed by atoms with Crippen LogP contribution in [0, 0.1) is 5.82 Å². The van der Waals surface area contributed by atoms with E-state index in [4.69, 9.17) is 10.8 Å². The van der Waals surface area contributed by atoms with Gasteiger partial charge in [0.15, 0.2) is 15.1 Å². The third-order valence-electron chi connectivity index (χ3n) is 2.01. The average molecular weight is 247 g/mol. The van der Waals surface area contributed by atoms with Crippen LogP contribution in [0.3, 0.4) is 0 Å². The highest BCUT2D eigenvalue weighted by Gasteiger charge is 2.34. The number of benzene rings is 1. The summed E-state index contributed by atoms with van der Waals surface area (Å²) in [6.45, 7) is -0.605. The molecule has 0 spiro atoms. The van der Waals surface area contributed by atoms with Crippen LogP contribution in [-0.2, 0) is 14.6 Å². The number of nitrogens with two attached hydrogens (primary N) is 1. The van der Waals surface area contributed by atoms with Gasteiger partial charge in [-0.15, -0.1) is 0 Å². The second-order valence-corrected chi connectivity index (χ2v) is 5.14. The van der Waals surface area contributed by atoms with Gasteiger partial charge < -0.3 is 10.8 Å². The molecule has 3 N–H and O–H groups in total. The molecule has 1 atom stereocenters. The van der Waals surface area contributed by atoms with E-state index in [0.29, 0.717) is 0 Å². The van der Waals surface area contributed by atoms with E-state index in [1.54, 1.807) is 0 Å². The summed E-state index contributed by atoms with van der Waals surface area (Å²) < 4.78 is 36.7. The molecule has 1 aromatic rings. The Labute approximate surface area is 91.6 Å². The van der Waals surface area contributed by atoms with E-state index in [1.165, 1.54) is 12.1 Å². The van der Waals surface area contributed by atoms with Gasteiger partial charge in [-0.2, -0.15) is 0 Å². The number of carboxylic acids is 1. The summed E-state index contributed by atoms with van der Waals surface area (Å²) in [7, 11) is -4.28. The molecular weight excluding hydrogens is 237 g/mol. The summed E-state index contributed by atoms with van der Waals surface area (Å²) in [5.41, 5.74) is 5.06. The summed E-state index contributed by atoms with van der Waals surface area (Å²) in [6.07, 6.45) is 0. The SMILES string of the molecule is NCC(C(=O)O)S(=O)(=O)c1ccccc1F. The van der Waals surface area contributed by atoms with Crippen molar-refractivity contribution in [3.05, 3.63) is 30.1 Å².